The maximum Gasteiger partial charge on any atom is 0.255 e. The van der Waals surface area contributed by atoms with Crippen LogP contribution >= 0.6 is 0 Å². The fourth-order valence-electron chi connectivity index (χ4n) is 3.14. The summed E-state index contributed by atoms with van der Waals surface area (Å²) in [5, 5.41) is 2.76. The number of benzene rings is 2. The molecule has 1 heterocycles. The number of hydrogen-bond donors (Lipinski definition) is 1. The quantitative estimate of drug-likeness (QED) is 0.766. The number of nitrogens with one attached hydrogen (secondary N) is 1. The lowest BCUT2D eigenvalue weighted by molar-refractivity contribution is 0.102. The summed E-state index contributed by atoms with van der Waals surface area (Å²) >= 11 is 0. The minimum Gasteiger partial charge on any atom is -0.495 e. The molecule has 0 saturated carbocycles. The lowest BCUT2D eigenvalue weighted by Gasteiger charge is -2.19. The topological polar surface area (TPSA) is 84.9 Å². The highest BCUT2D eigenvalue weighted by atomic mass is 32.2. The van der Waals surface area contributed by atoms with Gasteiger partial charge in [-0.15, -0.1) is 0 Å². The summed E-state index contributed by atoms with van der Waals surface area (Å²) in [5.41, 5.74) is 0.736. The van der Waals surface area contributed by atoms with Crippen LogP contribution in [-0.2, 0) is 10.0 Å². The SMILES string of the molecule is CCOc1ccc(C(=O)Nc2ccccc2OC)cc1S(=O)(=O)N1CCCC1. The highest BCUT2D eigenvalue weighted by molar-refractivity contribution is 7.89. The van der Waals surface area contributed by atoms with Crippen LogP contribution in [0.25, 0.3) is 0 Å². The third kappa shape index (κ3) is 4.13. The van der Waals surface area contributed by atoms with Gasteiger partial charge in [0.15, 0.2) is 0 Å². The van der Waals surface area contributed by atoms with E-state index in [0.717, 1.165) is 12.8 Å². The molecule has 1 fully saturated rings. The molecule has 0 bridgehead atoms. The Labute approximate surface area is 165 Å². The first-order chi connectivity index (χ1) is 13.5. The largest absolute Gasteiger partial charge is 0.495 e. The van der Waals surface area contributed by atoms with Gasteiger partial charge in [0.25, 0.3) is 5.91 Å². The Bertz CT molecular complexity index is 953. The Hall–Kier alpha value is -2.58. The summed E-state index contributed by atoms with van der Waals surface area (Å²) in [6, 6.07) is 11.5. The predicted octanol–water partition coefficient (Wildman–Crippen LogP) is 3.13. The zero-order chi connectivity index (χ0) is 20.1. The van der Waals surface area contributed by atoms with Crippen LogP contribution in [0.3, 0.4) is 0 Å². The predicted molar refractivity (Wildman–Crippen MR) is 107 cm³/mol. The number of ether oxygens (including phenoxy) is 2. The van der Waals surface area contributed by atoms with Gasteiger partial charge in [0.1, 0.15) is 16.4 Å². The molecule has 7 nitrogen and oxygen atoms in total. The number of nitrogens with zero attached hydrogens (tertiary/aromatic N) is 1. The third-order valence-corrected chi connectivity index (χ3v) is 6.46. The number of anilines is 1. The van der Waals surface area contributed by atoms with Crippen molar-refractivity contribution in [3.05, 3.63) is 48.0 Å². The summed E-state index contributed by atoms with van der Waals surface area (Å²) in [7, 11) is -2.21. The van der Waals surface area contributed by atoms with E-state index in [1.54, 1.807) is 37.3 Å². The normalized spacial score (nSPS) is 14.6. The molecule has 0 atom stereocenters. The van der Waals surface area contributed by atoms with Gasteiger partial charge in [-0.25, -0.2) is 8.42 Å². The van der Waals surface area contributed by atoms with Gasteiger partial charge < -0.3 is 14.8 Å². The molecular weight excluding hydrogens is 380 g/mol. The lowest BCUT2D eigenvalue weighted by atomic mass is 10.2. The van der Waals surface area contributed by atoms with E-state index in [9.17, 15) is 13.2 Å². The monoisotopic (exact) mass is 404 g/mol. The van der Waals surface area contributed by atoms with Crippen LogP contribution in [-0.4, -0.2) is 45.4 Å². The lowest BCUT2D eigenvalue weighted by Crippen LogP contribution is -2.28. The summed E-state index contributed by atoms with van der Waals surface area (Å²) in [6.07, 6.45) is 1.66. The molecule has 28 heavy (non-hydrogen) atoms. The molecule has 1 saturated heterocycles. The summed E-state index contributed by atoms with van der Waals surface area (Å²) < 4.78 is 38.3. The van der Waals surface area contributed by atoms with Crippen LogP contribution in [0.1, 0.15) is 30.1 Å². The molecule has 0 unspecified atom stereocenters. The van der Waals surface area contributed by atoms with Crippen molar-refractivity contribution in [1.82, 2.24) is 4.31 Å². The molecule has 0 spiro atoms. The minimum atomic E-state index is -3.73. The molecule has 0 aromatic heterocycles. The smallest absolute Gasteiger partial charge is 0.255 e. The Morgan fingerprint density at radius 3 is 2.50 bits per heavy atom. The zero-order valence-electron chi connectivity index (χ0n) is 16.0. The second-order valence-corrected chi connectivity index (χ2v) is 8.27. The van der Waals surface area contributed by atoms with Gasteiger partial charge >= 0.3 is 0 Å². The summed E-state index contributed by atoms with van der Waals surface area (Å²) in [6.45, 7) is 3.07. The van der Waals surface area contributed by atoms with E-state index in [-0.39, 0.29) is 16.2 Å². The van der Waals surface area contributed by atoms with E-state index in [0.29, 0.717) is 31.1 Å². The van der Waals surface area contributed by atoms with Gasteiger partial charge in [-0.3, -0.25) is 4.79 Å². The standard InChI is InChI=1S/C20H24N2O5S/c1-3-27-18-11-10-15(14-19(18)28(24,25)22-12-6-7-13-22)20(23)21-16-8-4-5-9-17(16)26-2/h4-5,8-11,14H,3,6-7,12-13H2,1-2H3,(H,21,23). The van der Waals surface area contributed by atoms with Crippen LogP contribution in [0.4, 0.5) is 5.69 Å². The second-order valence-electron chi connectivity index (χ2n) is 6.36. The van der Waals surface area contributed by atoms with Crippen LogP contribution in [0.2, 0.25) is 0 Å². The molecular formula is C20H24N2O5S. The number of carbonyl (C=O) groups excluding carboxylic acids is 1. The number of hydrogen-bond acceptors (Lipinski definition) is 5. The number of amides is 1. The minimum absolute atomic E-state index is 0.0175. The summed E-state index contributed by atoms with van der Waals surface area (Å²) in [4.78, 5) is 12.8. The molecule has 1 amide bonds. The number of carbonyl (C=O) groups is 1. The van der Waals surface area contributed by atoms with Crippen molar-refractivity contribution in [2.45, 2.75) is 24.7 Å². The van der Waals surface area contributed by atoms with E-state index in [1.165, 1.54) is 23.5 Å². The van der Waals surface area contributed by atoms with Gasteiger partial charge in [-0.2, -0.15) is 4.31 Å². The van der Waals surface area contributed by atoms with E-state index >= 15 is 0 Å². The van der Waals surface area contributed by atoms with Crippen LogP contribution in [0, 0.1) is 0 Å². The Morgan fingerprint density at radius 1 is 1.11 bits per heavy atom. The molecule has 0 aliphatic carbocycles. The first-order valence-electron chi connectivity index (χ1n) is 9.18. The van der Waals surface area contributed by atoms with Crippen molar-refractivity contribution in [2.24, 2.45) is 0 Å². The molecule has 1 N–H and O–H groups in total. The fraction of sp³-hybridized carbons (Fsp3) is 0.350. The summed E-state index contributed by atoms with van der Waals surface area (Å²) in [5.74, 6) is 0.348. The van der Waals surface area contributed by atoms with Crippen molar-refractivity contribution in [1.29, 1.82) is 0 Å². The molecule has 2 aromatic rings. The van der Waals surface area contributed by atoms with Crippen molar-refractivity contribution in [2.75, 3.05) is 32.1 Å². The molecule has 1 aliphatic heterocycles. The van der Waals surface area contributed by atoms with Gasteiger partial charge in [0.05, 0.1) is 19.4 Å². The van der Waals surface area contributed by atoms with Crippen LogP contribution in [0.5, 0.6) is 11.5 Å². The third-order valence-electron chi connectivity index (χ3n) is 4.54. The van der Waals surface area contributed by atoms with E-state index < -0.39 is 15.9 Å². The Kier molecular flexibility index (Phi) is 6.21. The highest BCUT2D eigenvalue weighted by Crippen LogP contribution is 2.31. The number of methoxy groups -OCH3 is 1. The fourth-order valence-corrected chi connectivity index (χ4v) is 4.81. The number of para-hydroxylation sites is 2. The maximum atomic E-state index is 13.1. The second kappa shape index (κ2) is 8.62. The Balaban J connectivity index is 1.95. The number of sulfonamides is 1. The first kappa shape index (κ1) is 20.2. The van der Waals surface area contributed by atoms with Gasteiger partial charge in [0.2, 0.25) is 10.0 Å². The van der Waals surface area contributed by atoms with E-state index in [4.69, 9.17) is 9.47 Å². The average Bonchev–Trinajstić information content (AvgIpc) is 3.24. The molecule has 8 heteroatoms. The van der Waals surface area contributed by atoms with Crippen molar-refractivity contribution >= 4 is 21.6 Å². The van der Waals surface area contributed by atoms with E-state index in [1.807, 2.05) is 0 Å². The molecule has 3 rings (SSSR count). The van der Waals surface area contributed by atoms with Gasteiger partial charge in [-0.05, 0) is 50.1 Å². The van der Waals surface area contributed by atoms with Crippen LogP contribution < -0.4 is 14.8 Å². The highest BCUT2D eigenvalue weighted by Gasteiger charge is 2.30. The van der Waals surface area contributed by atoms with Gasteiger partial charge in [0, 0.05) is 18.7 Å². The van der Waals surface area contributed by atoms with Crippen molar-refractivity contribution < 1.29 is 22.7 Å². The zero-order valence-corrected chi connectivity index (χ0v) is 16.8. The van der Waals surface area contributed by atoms with Crippen molar-refractivity contribution in [3.63, 3.8) is 0 Å². The molecule has 150 valence electrons. The molecule has 0 radical (unpaired) electrons. The first-order valence-corrected chi connectivity index (χ1v) is 10.6. The van der Waals surface area contributed by atoms with Crippen molar-refractivity contribution in [3.8, 4) is 11.5 Å². The van der Waals surface area contributed by atoms with Crippen LogP contribution in [0.15, 0.2) is 47.4 Å². The van der Waals surface area contributed by atoms with E-state index in [2.05, 4.69) is 5.32 Å². The number of rotatable bonds is 7. The van der Waals surface area contributed by atoms with Gasteiger partial charge in [-0.1, -0.05) is 12.1 Å². The Morgan fingerprint density at radius 2 is 1.82 bits per heavy atom. The molecule has 1 aliphatic rings. The average molecular weight is 404 g/mol. The molecule has 2 aromatic carbocycles. The maximum absolute atomic E-state index is 13.1.